The van der Waals surface area contributed by atoms with Crippen LogP contribution in [0.1, 0.15) is 44.1 Å². The number of nitrogens with zero attached hydrogens (tertiary/aromatic N) is 5. The first-order chi connectivity index (χ1) is 23.0. The van der Waals surface area contributed by atoms with Crippen molar-refractivity contribution in [3.05, 3.63) is 46.5 Å². The first-order valence-corrected chi connectivity index (χ1v) is 17.1. The van der Waals surface area contributed by atoms with E-state index in [0.717, 1.165) is 55.3 Å². The first kappa shape index (κ1) is 30.2. The fourth-order valence-corrected chi connectivity index (χ4v) is 10.2. The molecule has 3 aliphatic heterocycles. The number of thiophene rings is 1. The molecule has 4 aromatic rings. The maximum atomic E-state index is 17.2. The number of aromatic nitrogens is 2. The third-order valence-electron chi connectivity index (χ3n) is 11.1. The maximum absolute atomic E-state index is 17.2. The maximum Gasteiger partial charge on any atom is 0.319 e. The van der Waals surface area contributed by atoms with Crippen LogP contribution in [-0.4, -0.2) is 64.7 Å². The average Bonchev–Trinajstić information content (AvgIpc) is 3.61. The molecular formula is C34H29ClF4N6O2S. The number of rotatable bonds is 6. The zero-order valence-corrected chi connectivity index (χ0v) is 27.2. The van der Waals surface area contributed by atoms with E-state index in [1.54, 1.807) is 4.90 Å². The van der Waals surface area contributed by atoms with Gasteiger partial charge in [-0.25, -0.2) is 17.6 Å². The minimum atomic E-state index is -2.81. The van der Waals surface area contributed by atoms with Crippen molar-refractivity contribution in [1.82, 2.24) is 14.9 Å². The molecule has 2 aromatic carbocycles. The molecule has 3 aliphatic carbocycles. The number of anilines is 2. The van der Waals surface area contributed by atoms with Gasteiger partial charge in [0, 0.05) is 23.0 Å². The topological polar surface area (TPSA) is 101 Å². The largest absolute Gasteiger partial charge is 0.489 e. The van der Waals surface area contributed by atoms with Gasteiger partial charge in [-0.05, 0) is 62.6 Å². The monoisotopic (exact) mass is 696 g/mol. The number of nitrogens with two attached hydrogens (primary N) is 1. The second kappa shape index (κ2) is 10.3. The van der Waals surface area contributed by atoms with Gasteiger partial charge in [0.1, 0.15) is 47.5 Å². The van der Waals surface area contributed by atoms with E-state index >= 15 is 4.39 Å². The van der Waals surface area contributed by atoms with Crippen LogP contribution in [0, 0.1) is 28.9 Å². The van der Waals surface area contributed by atoms with Crippen molar-refractivity contribution >= 4 is 54.7 Å². The van der Waals surface area contributed by atoms with Gasteiger partial charge in [0.05, 0.1) is 26.2 Å². The van der Waals surface area contributed by atoms with E-state index in [4.69, 9.17) is 31.8 Å². The molecule has 2 N–H and O–H groups in total. The molecule has 8 nitrogen and oxygen atoms in total. The number of hydrogen-bond donors (Lipinski definition) is 1. The zero-order chi connectivity index (χ0) is 33.3. The quantitative estimate of drug-likeness (QED) is 0.164. The SMILES string of the molecule is C=C1CN2CCC[C@@]2(COc2nc3c4c(c(Cl)c(-c5ccc(F)c6sc(N)c(C#N)c56)c(F)c4n2)OCC(C(F)F)N3C23CC(C2)C3)C1. The van der Waals surface area contributed by atoms with Gasteiger partial charge < -0.3 is 20.1 Å². The Morgan fingerprint density at radius 2 is 2.02 bits per heavy atom. The number of alkyl halides is 2. The molecule has 1 unspecified atom stereocenters. The van der Waals surface area contributed by atoms with Gasteiger partial charge in [-0.1, -0.05) is 29.8 Å². The number of fused-ring (bicyclic) bond motifs is 2. The summed E-state index contributed by atoms with van der Waals surface area (Å²) in [6.45, 7) is 5.62. The Morgan fingerprint density at radius 1 is 1.23 bits per heavy atom. The molecule has 5 fully saturated rings. The Labute approximate surface area is 281 Å². The van der Waals surface area contributed by atoms with E-state index in [9.17, 15) is 18.4 Å². The highest BCUT2D eigenvalue weighted by Crippen LogP contribution is 2.63. The minimum Gasteiger partial charge on any atom is -0.489 e. The van der Waals surface area contributed by atoms with E-state index in [1.807, 2.05) is 6.07 Å². The van der Waals surface area contributed by atoms with Crippen molar-refractivity contribution in [2.75, 3.05) is 36.9 Å². The number of nitriles is 1. The first-order valence-electron chi connectivity index (χ1n) is 15.9. The summed E-state index contributed by atoms with van der Waals surface area (Å²) in [5.41, 5.74) is 5.94. The molecule has 248 valence electrons. The Hall–Kier alpha value is -3.86. The highest BCUT2D eigenvalue weighted by molar-refractivity contribution is 7.23. The summed E-state index contributed by atoms with van der Waals surface area (Å²) in [5, 5.41) is 9.93. The highest BCUT2D eigenvalue weighted by Gasteiger charge is 2.63. The third kappa shape index (κ3) is 4.02. The van der Waals surface area contributed by atoms with Crippen LogP contribution < -0.4 is 20.1 Å². The van der Waals surface area contributed by atoms with E-state index < -0.39 is 36.2 Å². The van der Waals surface area contributed by atoms with Crippen LogP contribution in [0.15, 0.2) is 24.3 Å². The molecule has 0 amide bonds. The molecule has 0 spiro atoms. The van der Waals surface area contributed by atoms with Crippen LogP contribution in [0.3, 0.4) is 0 Å². The van der Waals surface area contributed by atoms with Crippen molar-refractivity contribution < 1.29 is 27.0 Å². The molecule has 2 atom stereocenters. The van der Waals surface area contributed by atoms with Gasteiger partial charge in [0.2, 0.25) is 0 Å². The standard InChI is InChI=1S/C34H29ClF4N6O2S/c1-15-7-33(5-2-6-44(33)12-15)14-47-32-42-26-23-27(46-13-20(29(38)39)45(31(23)43-32)34-8-16(9-34)10-34)24(35)22(25(26)37)17-3-4-19(36)28-21(17)18(11-40)30(41)48-28/h3-4,16,20,29H,1-2,5-10,12-14,41H2/t16?,20?,33-,34?/m0/s1. The Balaban J connectivity index is 1.29. The molecule has 3 saturated carbocycles. The molecular weight excluding hydrogens is 668 g/mol. The van der Waals surface area contributed by atoms with Gasteiger partial charge in [-0.3, -0.25) is 4.90 Å². The van der Waals surface area contributed by atoms with Crippen molar-refractivity contribution in [3.63, 3.8) is 0 Å². The van der Waals surface area contributed by atoms with Crippen molar-refractivity contribution in [1.29, 1.82) is 5.26 Å². The summed E-state index contributed by atoms with van der Waals surface area (Å²) in [6, 6.07) is 2.92. The molecule has 6 aliphatic rings. The van der Waals surface area contributed by atoms with E-state index in [1.165, 1.54) is 6.07 Å². The number of ether oxygens (including phenoxy) is 2. The van der Waals surface area contributed by atoms with Gasteiger partial charge in [0.25, 0.3) is 6.43 Å². The summed E-state index contributed by atoms with van der Waals surface area (Å²) in [7, 11) is 0. The predicted octanol–water partition coefficient (Wildman–Crippen LogP) is 7.46. The van der Waals surface area contributed by atoms with Crippen LogP contribution in [0.4, 0.5) is 28.4 Å². The Kier molecular flexibility index (Phi) is 6.50. The van der Waals surface area contributed by atoms with Gasteiger partial charge in [-0.15, -0.1) is 11.3 Å². The second-order valence-electron chi connectivity index (χ2n) is 13.9. The van der Waals surface area contributed by atoms with Crippen LogP contribution in [-0.2, 0) is 0 Å². The Morgan fingerprint density at radius 3 is 2.73 bits per heavy atom. The average molecular weight is 697 g/mol. The van der Waals surface area contributed by atoms with Crippen LogP contribution >= 0.6 is 22.9 Å². The van der Waals surface area contributed by atoms with E-state index in [-0.39, 0.29) is 77.4 Å². The second-order valence-corrected chi connectivity index (χ2v) is 15.3. The van der Waals surface area contributed by atoms with Gasteiger partial charge in [0.15, 0.2) is 11.6 Å². The van der Waals surface area contributed by atoms with E-state index in [0.29, 0.717) is 25.2 Å². The number of halogens is 5. The minimum absolute atomic E-state index is 0.0228. The number of benzene rings is 2. The fourth-order valence-electron chi connectivity index (χ4n) is 8.89. The van der Waals surface area contributed by atoms with Crippen LogP contribution in [0.25, 0.3) is 32.1 Å². The molecule has 0 radical (unpaired) electrons. The fraction of sp³-hybridized carbons (Fsp3) is 0.441. The number of hydrogen-bond acceptors (Lipinski definition) is 9. The van der Waals surface area contributed by atoms with Crippen molar-refractivity contribution in [2.45, 2.75) is 62.1 Å². The molecule has 2 saturated heterocycles. The van der Waals surface area contributed by atoms with Crippen molar-refractivity contribution in [3.8, 4) is 29.0 Å². The number of nitrogen functional groups attached to an aromatic ring is 1. The van der Waals surface area contributed by atoms with Gasteiger partial charge >= 0.3 is 6.01 Å². The lowest BCUT2D eigenvalue weighted by atomic mass is 9.48. The summed E-state index contributed by atoms with van der Waals surface area (Å²) >= 11 is 7.85. The predicted molar refractivity (Wildman–Crippen MR) is 175 cm³/mol. The van der Waals surface area contributed by atoms with E-state index in [2.05, 4.69) is 16.5 Å². The lowest BCUT2D eigenvalue weighted by Crippen LogP contribution is -2.72. The van der Waals surface area contributed by atoms with Gasteiger partial charge in [-0.2, -0.15) is 15.2 Å². The molecule has 2 aromatic heterocycles. The normalized spacial score (nSPS) is 27.5. The molecule has 14 heteroatoms. The Bertz CT molecular complexity index is 2120. The summed E-state index contributed by atoms with van der Waals surface area (Å²) in [6.07, 6.45) is 1.95. The highest BCUT2D eigenvalue weighted by atomic mass is 35.5. The van der Waals surface area contributed by atoms with Crippen LogP contribution in [0.5, 0.6) is 11.8 Å². The molecule has 10 rings (SSSR count). The van der Waals surface area contributed by atoms with Crippen LogP contribution in [0.2, 0.25) is 5.02 Å². The summed E-state index contributed by atoms with van der Waals surface area (Å²) in [5.74, 6) is -1.06. The lowest BCUT2D eigenvalue weighted by molar-refractivity contribution is -0.0490. The summed E-state index contributed by atoms with van der Waals surface area (Å²) < 4.78 is 74.5. The lowest BCUT2D eigenvalue weighted by Gasteiger charge is -2.67. The zero-order valence-electron chi connectivity index (χ0n) is 25.6. The molecule has 2 bridgehead atoms. The molecule has 48 heavy (non-hydrogen) atoms. The smallest absolute Gasteiger partial charge is 0.319 e. The summed E-state index contributed by atoms with van der Waals surface area (Å²) in [4.78, 5) is 13.3. The molecule has 5 heterocycles. The van der Waals surface area contributed by atoms with Crippen molar-refractivity contribution in [2.24, 2.45) is 5.92 Å². The third-order valence-corrected chi connectivity index (χ3v) is 12.5.